The summed E-state index contributed by atoms with van der Waals surface area (Å²) < 4.78 is 9.97. The van der Waals surface area contributed by atoms with Gasteiger partial charge in [0.15, 0.2) is 23.7 Å². The smallest absolute Gasteiger partial charge is 0.338 e. The molecule has 0 aliphatic carbocycles. The van der Waals surface area contributed by atoms with Crippen LogP contribution in [0.1, 0.15) is 33.6 Å². The van der Waals surface area contributed by atoms with E-state index in [1.807, 2.05) is 0 Å². The molecule has 0 saturated heterocycles. The average Bonchev–Trinajstić information content (AvgIpc) is 2.50. The van der Waals surface area contributed by atoms with Crippen LogP contribution in [0.2, 0.25) is 0 Å². The molecule has 8 nitrogen and oxygen atoms in total. The number of hydrogen-bond acceptors (Lipinski definition) is 6. The number of guanidine groups is 1. The van der Waals surface area contributed by atoms with E-state index in [1.165, 1.54) is 19.2 Å². The van der Waals surface area contributed by atoms with E-state index in [1.54, 1.807) is 0 Å². The van der Waals surface area contributed by atoms with Gasteiger partial charge in [0, 0.05) is 6.54 Å². The molecule has 5 N–H and O–H groups in total. The van der Waals surface area contributed by atoms with Crippen LogP contribution in [-0.2, 0) is 4.74 Å². The van der Waals surface area contributed by atoms with Crippen molar-refractivity contribution in [2.24, 2.45) is 16.5 Å². The van der Waals surface area contributed by atoms with E-state index in [0.29, 0.717) is 25.7 Å². The Hall–Kier alpha value is -2.77. The van der Waals surface area contributed by atoms with Gasteiger partial charge >= 0.3 is 5.97 Å². The molecule has 0 saturated carbocycles. The lowest BCUT2D eigenvalue weighted by Gasteiger charge is -2.09. The third-order valence-corrected chi connectivity index (χ3v) is 2.77. The zero-order valence-corrected chi connectivity index (χ0v) is 12.2. The first-order valence-corrected chi connectivity index (χ1v) is 6.58. The Morgan fingerprint density at radius 2 is 2.09 bits per heavy atom. The number of carbonyl (C=O) groups excluding carboxylic acids is 2. The van der Waals surface area contributed by atoms with Crippen LogP contribution >= 0.6 is 0 Å². The molecule has 0 amide bonds. The van der Waals surface area contributed by atoms with Gasteiger partial charge in [-0.15, -0.1) is 0 Å². The van der Waals surface area contributed by atoms with Crippen LogP contribution in [0, 0.1) is 0 Å². The van der Waals surface area contributed by atoms with Gasteiger partial charge in [0.05, 0.1) is 24.8 Å². The third kappa shape index (κ3) is 4.97. The van der Waals surface area contributed by atoms with E-state index in [-0.39, 0.29) is 35.2 Å². The lowest BCUT2D eigenvalue weighted by Crippen LogP contribution is -2.23. The number of unbranched alkanes of at least 4 members (excludes halogenated alkanes) is 1. The van der Waals surface area contributed by atoms with E-state index in [4.69, 9.17) is 20.9 Å². The SMILES string of the molecule is COc1cc(C(=O)OCCCCN=C(N)N)cc(C=O)c1O. The van der Waals surface area contributed by atoms with Gasteiger partial charge in [-0.05, 0) is 25.0 Å². The molecule has 0 aliphatic heterocycles. The van der Waals surface area contributed by atoms with Crippen LogP contribution in [-0.4, -0.2) is 43.6 Å². The normalized spacial score (nSPS) is 9.86. The molecule has 0 unspecified atom stereocenters. The first kappa shape index (κ1) is 17.3. The molecule has 1 aromatic rings. The maximum absolute atomic E-state index is 11.9. The predicted octanol–water partition coefficient (Wildman–Crippen LogP) is 0.424. The highest BCUT2D eigenvalue weighted by atomic mass is 16.5. The van der Waals surface area contributed by atoms with Crippen molar-refractivity contribution in [1.29, 1.82) is 0 Å². The van der Waals surface area contributed by atoms with E-state index >= 15 is 0 Å². The maximum atomic E-state index is 11.9. The lowest BCUT2D eigenvalue weighted by molar-refractivity contribution is 0.0498. The fourth-order valence-electron chi connectivity index (χ4n) is 1.66. The molecule has 0 aliphatic rings. The quantitative estimate of drug-likeness (QED) is 0.208. The Balaban J connectivity index is 2.59. The second-order valence-electron chi connectivity index (χ2n) is 4.38. The van der Waals surface area contributed by atoms with Gasteiger partial charge in [-0.3, -0.25) is 9.79 Å². The highest BCUT2D eigenvalue weighted by Crippen LogP contribution is 2.30. The molecule has 120 valence electrons. The number of nitrogens with zero attached hydrogens (tertiary/aromatic N) is 1. The Kier molecular flexibility index (Phi) is 6.68. The van der Waals surface area contributed by atoms with Gasteiger partial charge in [0.2, 0.25) is 0 Å². The van der Waals surface area contributed by atoms with Crippen molar-refractivity contribution in [1.82, 2.24) is 0 Å². The highest BCUT2D eigenvalue weighted by Gasteiger charge is 2.15. The van der Waals surface area contributed by atoms with Crippen molar-refractivity contribution in [2.75, 3.05) is 20.3 Å². The largest absolute Gasteiger partial charge is 0.504 e. The molecule has 0 bridgehead atoms. The van der Waals surface area contributed by atoms with Crippen LogP contribution < -0.4 is 16.2 Å². The summed E-state index contributed by atoms with van der Waals surface area (Å²) in [4.78, 5) is 26.6. The van der Waals surface area contributed by atoms with Crippen LogP contribution in [0.3, 0.4) is 0 Å². The summed E-state index contributed by atoms with van der Waals surface area (Å²) in [5.74, 6) is -0.867. The second kappa shape index (κ2) is 8.50. The molecule has 0 atom stereocenters. The number of phenolic OH excluding ortho intramolecular Hbond substituents is 1. The van der Waals surface area contributed by atoms with Crippen LogP contribution in [0.5, 0.6) is 11.5 Å². The van der Waals surface area contributed by atoms with Crippen LogP contribution in [0.15, 0.2) is 17.1 Å². The molecule has 0 aromatic heterocycles. The first-order chi connectivity index (χ1) is 10.5. The summed E-state index contributed by atoms with van der Waals surface area (Å²) in [5.41, 5.74) is 10.4. The van der Waals surface area contributed by atoms with Crippen molar-refractivity contribution in [3.63, 3.8) is 0 Å². The fourth-order valence-corrected chi connectivity index (χ4v) is 1.66. The molecule has 1 rings (SSSR count). The monoisotopic (exact) mass is 309 g/mol. The zero-order chi connectivity index (χ0) is 16.5. The molecule has 22 heavy (non-hydrogen) atoms. The second-order valence-corrected chi connectivity index (χ2v) is 4.38. The highest BCUT2D eigenvalue weighted by molar-refractivity contribution is 5.94. The van der Waals surface area contributed by atoms with Gasteiger partial charge in [0.1, 0.15) is 0 Å². The standard InChI is InChI=1S/C14H19N3O5/c1-21-11-7-9(6-10(8-18)12(11)19)13(20)22-5-3-2-4-17-14(15)16/h6-8,19H,2-5H2,1H3,(H4,15,16,17). The third-order valence-electron chi connectivity index (χ3n) is 2.77. The first-order valence-electron chi connectivity index (χ1n) is 6.58. The lowest BCUT2D eigenvalue weighted by atomic mass is 10.1. The Bertz CT molecular complexity index is 568. The van der Waals surface area contributed by atoms with Crippen molar-refractivity contribution >= 4 is 18.2 Å². The van der Waals surface area contributed by atoms with E-state index in [0.717, 1.165) is 0 Å². The molecule has 8 heteroatoms. The Morgan fingerprint density at radius 1 is 1.36 bits per heavy atom. The van der Waals surface area contributed by atoms with Crippen LogP contribution in [0.25, 0.3) is 0 Å². The van der Waals surface area contributed by atoms with Crippen LogP contribution in [0.4, 0.5) is 0 Å². The van der Waals surface area contributed by atoms with E-state index < -0.39 is 5.97 Å². The number of nitrogens with two attached hydrogens (primary N) is 2. The topological polar surface area (TPSA) is 137 Å². The molecule has 1 aromatic carbocycles. The van der Waals surface area contributed by atoms with Crippen molar-refractivity contribution in [2.45, 2.75) is 12.8 Å². The fraction of sp³-hybridized carbons (Fsp3) is 0.357. The number of carbonyl (C=O) groups is 2. The van der Waals surface area contributed by atoms with Crippen molar-refractivity contribution in [3.8, 4) is 11.5 Å². The maximum Gasteiger partial charge on any atom is 0.338 e. The number of aldehydes is 1. The number of rotatable bonds is 8. The number of benzene rings is 1. The van der Waals surface area contributed by atoms with Crippen molar-refractivity contribution in [3.05, 3.63) is 23.3 Å². The molecule has 0 heterocycles. The minimum Gasteiger partial charge on any atom is -0.504 e. The number of aromatic hydroxyl groups is 1. The summed E-state index contributed by atoms with van der Waals surface area (Å²) in [6.07, 6.45) is 1.70. The molecular formula is C14H19N3O5. The van der Waals surface area contributed by atoms with Gasteiger partial charge < -0.3 is 26.0 Å². The summed E-state index contributed by atoms with van der Waals surface area (Å²) in [6, 6.07) is 2.55. The summed E-state index contributed by atoms with van der Waals surface area (Å²) >= 11 is 0. The number of ether oxygens (including phenoxy) is 2. The minimum absolute atomic E-state index is 0.0228. The summed E-state index contributed by atoms with van der Waals surface area (Å²) in [5, 5.41) is 9.67. The zero-order valence-electron chi connectivity index (χ0n) is 12.2. The van der Waals surface area contributed by atoms with Gasteiger partial charge in [-0.25, -0.2) is 4.79 Å². The summed E-state index contributed by atoms with van der Waals surface area (Å²) in [6.45, 7) is 0.653. The Labute approximate surface area is 127 Å². The summed E-state index contributed by atoms with van der Waals surface area (Å²) in [7, 11) is 1.32. The molecular weight excluding hydrogens is 290 g/mol. The van der Waals surface area contributed by atoms with E-state index in [9.17, 15) is 14.7 Å². The average molecular weight is 309 g/mol. The molecule has 0 fully saturated rings. The number of hydrogen-bond donors (Lipinski definition) is 3. The van der Waals surface area contributed by atoms with Gasteiger partial charge in [0.25, 0.3) is 0 Å². The minimum atomic E-state index is -0.608. The van der Waals surface area contributed by atoms with Gasteiger partial charge in [-0.2, -0.15) is 0 Å². The molecule has 0 spiro atoms. The number of methoxy groups -OCH3 is 1. The number of aliphatic imine (C=N–C) groups is 1. The predicted molar refractivity (Wildman–Crippen MR) is 80.2 cm³/mol. The molecule has 0 radical (unpaired) electrons. The van der Waals surface area contributed by atoms with Gasteiger partial charge in [-0.1, -0.05) is 0 Å². The van der Waals surface area contributed by atoms with E-state index in [2.05, 4.69) is 4.99 Å². The Morgan fingerprint density at radius 3 is 2.68 bits per heavy atom. The number of esters is 1. The van der Waals surface area contributed by atoms with Crippen molar-refractivity contribution < 1.29 is 24.2 Å². The number of phenols is 1.